The van der Waals surface area contributed by atoms with Crippen LogP contribution in [0.1, 0.15) is 25.7 Å². The summed E-state index contributed by atoms with van der Waals surface area (Å²) in [7, 11) is 0. The Kier molecular flexibility index (Phi) is 10.5. The molecule has 1 aromatic heterocycles. The van der Waals surface area contributed by atoms with Gasteiger partial charge in [-0.3, -0.25) is 14.9 Å². The number of nitrogens with one attached hydrogen (secondary N) is 2. The van der Waals surface area contributed by atoms with Gasteiger partial charge in [0.05, 0.1) is 23.4 Å². The molecule has 0 aromatic carbocycles. The molecule has 0 spiro atoms. The van der Waals surface area contributed by atoms with E-state index in [1.54, 1.807) is 22.7 Å². The van der Waals surface area contributed by atoms with Crippen molar-refractivity contribution in [2.24, 2.45) is 0 Å². The zero-order valence-corrected chi connectivity index (χ0v) is 18.1. The van der Waals surface area contributed by atoms with Crippen LogP contribution in [0.5, 0.6) is 0 Å². The van der Waals surface area contributed by atoms with Gasteiger partial charge in [-0.05, 0) is 31.7 Å². The molecule has 1 aliphatic carbocycles. The normalized spacial score (nSPS) is 23.3. The number of thioether (sulfide) groups is 1. The lowest BCUT2D eigenvalue weighted by atomic mass is 9.91. The number of carbonyl (C=O) groups is 1. The number of hydrogen-bond acceptors (Lipinski definition) is 8. The number of pyridine rings is 1. The van der Waals surface area contributed by atoms with E-state index in [0.29, 0.717) is 17.4 Å². The minimum atomic E-state index is -0.464. The summed E-state index contributed by atoms with van der Waals surface area (Å²) in [4.78, 5) is 28.2. The van der Waals surface area contributed by atoms with Crippen molar-refractivity contribution in [2.75, 3.05) is 23.5 Å². The predicted octanol–water partition coefficient (Wildman–Crippen LogP) is 2.57. The largest absolute Gasteiger partial charge is 0.367 e. The summed E-state index contributed by atoms with van der Waals surface area (Å²) in [6.45, 7) is 0.269. The first-order chi connectivity index (χ1) is 13.1. The number of nitriles is 1. The van der Waals surface area contributed by atoms with Crippen LogP contribution in [0.3, 0.4) is 0 Å². The summed E-state index contributed by atoms with van der Waals surface area (Å²) in [6.07, 6.45) is 5.00. The zero-order valence-electron chi connectivity index (χ0n) is 15.7. The fraction of sp³-hybridized carbons (Fsp3) is 0.588. The second-order valence-corrected chi connectivity index (χ2v) is 7.74. The highest BCUT2D eigenvalue weighted by atomic mass is 35.5. The van der Waals surface area contributed by atoms with Crippen molar-refractivity contribution in [3.63, 3.8) is 0 Å². The van der Waals surface area contributed by atoms with Crippen LogP contribution < -0.4 is 10.6 Å². The van der Waals surface area contributed by atoms with Crippen LogP contribution >= 0.6 is 36.6 Å². The van der Waals surface area contributed by atoms with E-state index in [0.717, 1.165) is 25.7 Å². The van der Waals surface area contributed by atoms with Gasteiger partial charge in [0.15, 0.2) is 0 Å². The van der Waals surface area contributed by atoms with Gasteiger partial charge in [0.1, 0.15) is 18.1 Å². The monoisotopic (exact) mass is 462 g/mol. The van der Waals surface area contributed by atoms with Crippen molar-refractivity contribution in [1.82, 2.24) is 15.2 Å². The first-order valence-electron chi connectivity index (χ1n) is 8.94. The van der Waals surface area contributed by atoms with Gasteiger partial charge in [-0.25, -0.2) is 4.98 Å². The van der Waals surface area contributed by atoms with Gasteiger partial charge in [-0.2, -0.15) is 5.26 Å². The second kappa shape index (κ2) is 12.0. The number of nitro groups is 1. The van der Waals surface area contributed by atoms with Crippen LogP contribution in [-0.4, -0.2) is 57.0 Å². The maximum Gasteiger partial charge on any atom is 0.287 e. The highest BCUT2D eigenvalue weighted by Gasteiger charge is 2.29. The Morgan fingerprint density at radius 3 is 2.59 bits per heavy atom. The Morgan fingerprint density at radius 1 is 1.31 bits per heavy atom. The number of rotatable bonds is 6. The number of anilines is 1. The SMILES string of the molecule is Cl.Cl.N#C[C@@H]1CSCN1C(=O)CN[C@H]1CC[C@H](Nc2ccc([N+](=O)[O-])cn2)CC1. The van der Waals surface area contributed by atoms with E-state index < -0.39 is 4.92 Å². The molecule has 2 aliphatic rings. The van der Waals surface area contributed by atoms with Crippen LogP contribution in [0.4, 0.5) is 11.5 Å². The van der Waals surface area contributed by atoms with E-state index in [1.807, 2.05) is 0 Å². The minimum Gasteiger partial charge on any atom is -0.367 e. The maximum atomic E-state index is 12.3. The Hall–Kier alpha value is -1.80. The number of hydrogen-bond donors (Lipinski definition) is 2. The van der Waals surface area contributed by atoms with E-state index in [-0.39, 0.29) is 61.1 Å². The van der Waals surface area contributed by atoms with Crippen molar-refractivity contribution in [2.45, 2.75) is 43.8 Å². The molecule has 0 bridgehead atoms. The molecule has 12 heteroatoms. The number of amides is 1. The molecule has 9 nitrogen and oxygen atoms in total. The quantitative estimate of drug-likeness (QED) is 0.487. The van der Waals surface area contributed by atoms with Crippen molar-refractivity contribution >= 4 is 54.0 Å². The third kappa shape index (κ3) is 6.89. The van der Waals surface area contributed by atoms with E-state index in [1.165, 1.54) is 12.3 Å². The smallest absolute Gasteiger partial charge is 0.287 e. The fourth-order valence-electron chi connectivity index (χ4n) is 3.36. The van der Waals surface area contributed by atoms with Crippen LogP contribution in [0.15, 0.2) is 18.3 Å². The maximum absolute atomic E-state index is 12.3. The highest BCUT2D eigenvalue weighted by molar-refractivity contribution is 7.99. The number of carbonyl (C=O) groups excluding carboxylic acids is 1. The van der Waals surface area contributed by atoms with E-state index in [9.17, 15) is 14.9 Å². The van der Waals surface area contributed by atoms with Crippen molar-refractivity contribution in [3.8, 4) is 6.07 Å². The zero-order chi connectivity index (χ0) is 19.2. The third-order valence-electron chi connectivity index (χ3n) is 4.93. The van der Waals surface area contributed by atoms with Gasteiger partial charge in [0.25, 0.3) is 5.69 Å². The molecule has 0 unspecified atom stereocenters. The third-order valence-corrected chi connectivity index (χ3v) is 5.94. The topological polar surface area (TPSA) is 124 Å². The summed E-state index contributed by atoms with van der Waals surface area (Å²) in [5, 5.41) is 26.4. The number of halogens is 2. The van der Waals surface area contributed by atoms with Crippen LogP contribution in [0.2, 0.25) is 0 Å². The van der Waals surface area contributed by atoms with Gasteiger partial charge in [0, 0.05) is 23.9 Å². The summed E-state index contributed by atoms with van der Waals surface area (Å²) in [5.74, 6) is 1.91. The first kappa shape index (κ1) is 25.2. The van der Waals surface area contributed by atoms with Crippen LogP contribution in [-0.2, 0) is 4.79 Å². The van der Waals surface area contributed by atoms with Gasteiger partial charge in [-0.1, -0.05) is 0 Å². The van der Waals surface area contributed by atoms with Crippen molar-refractivity contribution in [3.05, 3.63) is 28.4 Å². The summed E-state index contributed by atoms with van der Waals surface area (Å²) < 4.78 is 0. The van der Waals surface area contributed by atoms with Crippen molar-refractivity contribution in [1.29, 1.82) is 5.26 Å². The van der Waals surface area contributed by atoms with Crippen molar-refractivity contribution < 1.29 is 9.72 Å². The summed E-state index contributed by atoms with van der Waals surface area (Å²) >= 11 is 1.61. The lowest BCUT2D eigenvalue weighted by Gasteiger charge is -2.30. The lowest BCUT2D eigenvalue weighted by molar-refractivity contribution is -0.385. The second-order valence-electron chi connectivity index (χ2n) is 6.74. The highest BCUT2D eigenvalue weighted by Crippen LogP contribution is 2.23. The molecule has 1 aliphatic heterocycles. The Balaban J connectivity index is 0.00000210. The number of aromatic nitrogens is 1. The van der Waals surface area contributed by atoms with Gasteiger partial charge >= 0.3 is 0 Å². The minimum absolute atomic E-state index is 0. The molecule has 2 fully saturated rings. The lowest BCUT2D eigenvalue weighted by Crippen LogP contribution is -2.45. The van der Waals surface area contributed by atoms with E-state index in [2.05, 4.69) is 21.7 Å². The van der Waals surface area contributed by atoms with Gasteiger partial charge in [-0.15, -0.1) is 36.6 Å². The van der Waals surface area contributed by atoms with E-state index >= 15 is 0 Å². The molecule has 160 valence electrons. The molecular weight excluding hydrogens is 439 g/mol. The Labute approximate surface area is 186 Å². The van der Waals surface area contributed by atoms with Gasteiger partial charge < -0.3 is 15.5 Å². The average Bonchev–Trinajstić information content (AvgIpc) is 3.16. The molecule has 2 N–H and O–H groups in total. The molecule has 29 heavy (non-hydrogen) atoms. The molecule has 1 saturated carbocycles. The molecule has 1 saturated heterocycles. The molecule has 1 atom stereocenters. The molecule has 1 aromatic rings. The molecule has 3 rings (SSSR count). The van der Waals surface area contributed by atoms with E-state index in [4.69, 9.17) is 5.26 Å². The standard InChI is InChI=1S/C17H22N6O3S.2ClH/c18-7-15-10-27-11-22(15)17(24)9-19-12-1-3-13(4-2-12)21-16-6-5-14(8-20-16)23(25)26;;/h5-6,8,12-13,15,19H,1-4,9-11H2,(H,20,21);2*1H/t12-,13-,15-;;/m1../s1. The Morgan fingerprint density at radius 2 is 2.00 bits per heavy atom. The van der Waals surface area contributed by atoms with Gasteiger partial charge in [0.2, 0.25) is 5.91 Å². The molecule has 2 heterocycles. The molecule has 1 amide bonds. The van der Waals surface area contributed by atoms with Crippen LogP contribution in [0, 0.1) is 21.4 Å². The number of nitrogens with zero attached hydrogens (tertiary/aromatic N) is 4. The summed E-state index contributed by atoms with van der Waals surface area (Å²) in [6, 6.07) is 5.49. The first-order valence-corrected chi connectivity index (χ1v) is 10.1. The molecular formula is C17H24Cl2N6O3S. The average molecular weight is 463 g/mol. The molecule has 0 radical (unpaired) electrons. The summed E-state index contributed by atoms with van der Waals surface area (Å²) in [5.41, 5.74) is -0.0202. The Bertz CT molecular complexity index is 725. The fourth-order valence-corrected chi connectivity index (χ4v) is 4.46. The predicted molar refractivity (Wildman–Crippen MR) is 117 cm³/mol. The van der Waals surface area contributed by atoms with Crippen LogP contribution in [0.25, 0.3) is 0 Å².